The minimum atomic E-state index is -0.137. The van der Waals surface area contributed by atoms with E-state index in [1.165, 1.54) is 0 Å². The molecule has 9 heteroatoms. The largest absolute Gasteiger partial charge is 0.345 e. The van der Waals surface area contributed by atoms with E-state index in [4.69, 9.17) is 4.98 Å². The normalized spacial score (nSPS) is 13.5. The van der Waals surface area contributed by atoms with Crippen LogP contribution in [0.3, 0.4) is 0 Å². The molecule has 4 heterocycles. The number of hydrogen-bond donors (Lipinski definition) is 1. The van der Waals surface area contributed by atoms with E-state index in [0.717, 1.165) is 45.4 Å². The number of carbonyl (C=O) groups excluding carboxylic acids is 1. The Morgan fingerprint density at radius 3 is 2.80 bits per heavy atom. The van der Waals surface area contributed by atoms with E-state index in [1.807, 2.05) is 42.9 Å². The van der Waals surface area contributed by atoms with Crippen LogP contribution in [0.2, 0.25) is 0 Å². The van der Waals surface area contributed by atoms with Gasteiger partial charge in [0.2, 0.25) is 0 Å². The first kappa shape index (κ1) is 19.1. The summed E-state index contributed by atoms with van der Waals surface area (Å²) < 4.78 is 1.73. The van der Waals surface area contributed by atoms with Gasteiger partial charge in [-0.25, -0.2) is 19.6 Å². The van der Waals surface area contributed by atoms with Gasteiger partial charge in [-0.15, -0.1) is 22.7 Å². The van der Waals surface area contributed by atoms with E-state index < -0.39 is 0 Å². The Morgan fingerprint density at radius 1 is 1.23 bits per heavy atom. The first-order valence-electron chi connectivity index (χ1n) is 9.75. The Kier molecular flexibility index (Phi) is 4.92. The van der Waals surface area contributed by atoms with Crippen LogP contribution in [0.25, 0.3) is 16.5 Å². The summed E-state index contributed by atoms with van der Waals surface area (Å²) in [4.78, 5) is 27.7. The smallest absolute Gasteiger partial charge is 0.255 e. The lowest BCUT2D eigenvalue weighted by Gasteiger charge is -2.10. The second-order valence-corrected chi connectivity index (χ2v) is 9.26. The summed E-state index contributed by atoms with van der Waals surface area (Å²) in [5.74, 6) is 0.674. The molecule has 152 valence electrons. The summed E-state index contributed by atoms with van der Waals surface area (Å²) in [5.41, 5.74) is 4.36. The molecule has 1 amide bonds. The molecule has 1 saturated carbocycles. The molecule has 0 bridgehead atoms. The molecule has 0 atom stereocenters. The maximum Gasteiger partial charge on any atom is 0.255 e. The van der Waals surface area contributed by atoms with Crippen LogP contribution in [0.1, 0.15) is 51.1 Å². The van der Waals surface area contributed by atoms with Crippen LogP contribution in [0.15, 0.2) is 35.3 Å². The zero-order chi connectivity index (χ0) is 20.7. The molecule has 0 radical (unpaired) electrons. The molecule has 0 aliphatic heterocycles. The van der Waals surface area contributed by atoms with Gasteiger partial charge >= 0.3 is 0 Å². The monoisotopic (exact) mass is 436 g/mol. The first-order chi connectivity index (χ1) is 14.6. The minimum absolute atomic E-state index is 0.137. The predicted molar refractivity (Wildman–Crippen MR) is 117 cm³/mol. The highest BCUT2D eigenvalue weighted by Gasteiger charge is 2.33. The van der Waals surface area contributed by atoms with Crippen molar-refractivity contribution in [2.45, 2.75) is 39.2 Å². The second-order valence-electron chi connectivity index (χ2n) is 7.37. The van der Waals surface area contributed by atoms with Gasteiger partial charge in [0.05, 0.1) is 34.6 Å². The zero-order valence-corrected chi connectivity index (χ0v) is 18.3. The zero-order valence-electron chi connectivity index (χ0n) is 16.6. The number of hydrogen-bond acceptors (Lipinski definition) is 7. The van der Waals surface area contributed by atoms with Crippen LogP contribution in [0, 0.1) is 13.8 Å². The van der Waals surface area contributed by atoms with Gasteiger partial charge in [-0.2, -0.15) is 5.10 Å². The van der Waals surface area contributed by atoms with Gasteiger partial charge < -0.3 is 5.32 Å². The van der Waals surface area contributed by atoms with Crippen LogP contribution >= 0.6 is 22.7 Å². The number of thiazole rings is 1. The Balaban J connectivity index is 1.46. The molecule has 1 aliphatic carbocycles. The first-order valence-corrected chi connectivity index (χ1v) is 11.5. The van der Waals surface area contributed by atoms with Crippen LogP contribution in [0.4, 0.5) is 0 Å². The van der Waals surface area contributed by atoms with Gasteiger partial charge in [0.1, 0.15) is 5.01 Å². The number of aryl methyl sites for hydroxylation is 2. The molecule has 30 heavy (non-hydrogen) atoms. The number of nitrogens with one attached hydrogen (secondary N) is 1. The van der Waals surface area contributed by atoms with Crippen molar-refractivity contribution in [3.63, 3.8) is 0 Å². The Labute approximate surface area is 181 Å². The van der Waals surface area contributed by atoms with Gasteiger partial charge in [-0.1, -0.05) is 6.07 Å². The molecule has 7 nitrogen and oxygen atoms in total. The Morgan fingerprint density at radius 2 is 2.10 bits per heavy atom. The molecule has 1 N–H and O–H groups in total. The fraction of sp³-hybridized carbons (Fsp3) is 0.286. The molecule has 0 aromatic carbocycles. The van der Waals surface area contributed by atoms with Crippen molar-refractivity contribution in [1.29, 1.82) is 0 Å². The van der Waals surface area contributed by atoms with Crippen molar-refractivity contribution in [2.75, 3.05) is 0 Å². The van der Waals surface area contributed by atoms with E-state index in [0.29, 0.717) is 24.0 Å². The fourth-order valence-electron chi connectivity index (χ4n) is 3.37. The lowest BCUT2D eigenvalue weighted by molar-refractivity contribution is 0.0950. The summed E-state index contributed by atoms with van der Waals surface area (Å²) >= 11 is 3.19. The third kappa shape index (κ3) is 3.66. The van der Waals surface area contributed by atoms with Crippen molar-refractivity contribution >= 4 is 28.6 Å². The fourth-order valence-corrected chi connectivity index (χ4v) is 4.87. The maximum atomic E-state index is 12.9. The van der Waals surface area contributed by atoms with E-state index in [2.05, 4.69) is 20.4 Å². The van der Waals surface area contributed by atoms with E-state index in [1.54, 1.807) is 33.6 Å². The predicted octanol–water partition coefficient (Wildman–Crippen LogP) is 4.27. The third-order valence-electron chi connectivity index (χ3n) is 4.98. The van der Waals surface area contributed by atoms with Crippen molar-refractivity contribution in [1.82, 2.24) is 30.0 Å². The van der Waals surface area contributed by atoms with Crippen LogP contribution in [-0.4, -0.2) is 30.6 Å². The van der Waals surface area contributed by atoms with Gasteiger partial charge in [0, 0.05) is 23.2 Å². The average Bonchev–Trinajstić information content (AvgIpc) is 3.13. The summed E-state index contributed by atoms with van der Waals surface area (Å²) in [6.07, 6.45) is 5.53. The number of thiophene rings is 1. The standard InChI is InChI=1S/C21H20N6OS2/c1-12-8-23-21(26-18(12)16-4-3-7-29-16)27-19(14-5-6-14)15(9-24-27)20(28)22-10-17-25-13(2)11-30-17/h3-4,7-9,11,14H,5-6,10H2,1-2H3,(H,22,28). The molecule has 1 aliphatic rings. The summed E-state index contributed by atoms with van der Waals surface area (Å²) in [5, 5.41) is 12.4. The number of nitrogens with zero attached hydrogens (tertiary/aromatic N) is 5. The molecule has 0 saturated heterocycles. The molecule has 4 aromatic rings. The molecule has 1 fully saturated rings. The summed E-state index contributed by atoms with van der Waals surface area (Å²) in [6.45, 7) is 4.36. The quantitative estimate of drug-likeness (QED) is 0.488. The van der Waals surface area contributed by atoms with E-state index >= 15 is 0 Å². The van der Waals surface area contributed by atoms with E-state index in [-0.39, 0.29) is 5.91 Å². The molecule has 0 spiro atoms. The molecule has 5 rings (SSSR count). The van der Waals surface area contributed by atoms with E-state index in [9.17, 15) is 4.79 Å². The average molecular weight is 437 g/mol. The number of amides is 1. The number of aromatic nitrogens is 5. The highest BCUT2D eigenvalue weighted by Crippen LogP contribution is 2.42. The third-order valence-corrected chi connectivity index (χ3v) is 6.83. The topological polar surface area (TPSA) is 85.6 Å². The van der Waals surface area contributed by atoms with Crippen LogP contribution in [0.5, 0.6) is 0 Å². The highest BCUT2D eigenvalue weighted by atomic mass is 32.1. The molecular weight excluding hydrogens is 416 g/mol. The second kappa shape index (κ2) is 7.73. The molecule has 0 unspecified atom stereocenters. The van der Waals surface area contributed by atoms with Gasteiger partial charge in [0.15, 0.2) is 0 Å². The molecule has 4 aromatic heterocycles. The summed E-state index contributed by atoms with van der Waals surface area (Å²) in [6, 6.07) is 4.06. The maximum absolute atomic E-state index is 12.9. The SMILES string of the molecule is Cc1csc(CNC(=O)c2cnn(-c3ncc(C)c(-c4cccs4)n3)c2C2CC2)n1. The lowest BCUT2D eigenvalue weighted by Crippen LogP contribution is -2.24. The van der Waals surface area contributed by atoms with Crippen LogP contribution in [-0.2, 0) is 6.54 Å². The number of carbonyl (C=O) groups is 1. The lowest BCUT2D eigenvalue weighted by atomic mass is 10.1. The Hall–Kier alpha value is -2.91. The van der Waals surface area contributed by atoms with Crippen molar-refractivity contribution in [3.05, 3.63) is 62.8 Å². The van der Waals surface area contributed by atoms with Crippen molar-refractivity contribution < 1.29 is 4.79 Å². The molecular formula is C21H20N6OS2. The summed E-state index contributed by atoms with van der Waals surface area (Å²) in [7, 11) is 0. The van der Waals surface area contributed by atoms with Gasteiger partial charge in [-0.05, 0) is 43.7 Å². The van der Waals surface area contributed by atoms with Crippen molar-refractivity contribution in [3.8, 4) is 16.5 Å². The van der Waals surface area contributed by atoms with Gasteiger partial charge in [0.25, 0.3) is 11.9 Å². The van der Waals surface area contributed by atoms with Gasteiger partial charge in [-0.3, -0.25) is 4.79 Å². The van der Waals surface area contributed by atoms with Crippen molar-refractivity contribution in [2.24, 2.45) is 0 Å². The number of rotatable bonds is 6. The van der Waals surface area contributed by atoms with Crippen LogP contribution < -0.4 is 5.32 Å². The minimum Gasteiger partial charge on any atom is -0.345 e. The Bertz CT molecular complexity index is 1210. The highest BCUT2D eigenvalue weighted by molar-refractivity contribution is 7.13.